The van der Waals surface area contributed by atoms with Gasteiger partial charge in [0.15, 0.2) is 8.32 Å². The van der Waals surface area contributed by atoms with Gasteiger partial charge in [-0.2, -0.15) is 0 Å². The van der Waals surface area contributed by atoms with Gasteiger partial charge in [-0.3, -0.25) is 0 Å². The number of carbonyl (C=O) groups is 1. The van der Waals surface area contributed by atoms with Crippen molar-refractivity contribution in [1.82, 2.24) is 3.97 Å². The topological polar surface area (TPSA) is 124 Å². The van der Waals surface area contributed by atoms with Gasteiger partial charge in [-0.05, 0) is 49.3 Å². The van der Waals surface area contributed by atoms with E-state index >= 15 is 0 Å². The molecule has 3 aromatic rings. The van der Waals surface area contributed by atoms with Crippen molar-refractivity contribution in [3.05, 3.63) is 65.9 Å². The third-order valence-corrected chi connectivity index (χ3v) is 14.2. The molecule has 2 heterocycles. The highest BCUT2D eigenvalue weighted by Gasteiger charge is 2.63. The van der Waals surface area contributed by atoms with Crippen LogP contribution in [0.3, 0.4) is 0 Å². The van der Waals surface area contributed by atoms with E-state index in [4.69, 9.17) is 13.9 Å². The molecule has 0 bridgehead atoms. The minimum atomic E-state index is -4.21. The van der Waals surface area contributed by atoms with Gasteiger partial charge in [0.05, 0.1) is 29.8 Å². The number of esters is 1. The lowest BCUT2D eigenvalue weighted by Gasteiger charge is -2.37. The molecule has 1 saturated heterocycles. The fraction of sp³-hybridized carbons (Fsp3) is 0.464. The second-order valence-corrected chi connectivity index (χ2v) is 18.2. The third-order valence-electron chi connectivity index (χ3n) is 7.96. The number of aryl methyl sites for hydroxylation is 1. The van der Waals surface area contributed by atoms with Crippen LogP contribution in [0.15, 0.2) is 59.5 Å². The zero-order chi connectivity index (χ0) is 29.0. The Morgan fingerprint density at radius 1 is 1.13 bits per heavy atom. The van der Waals surface area contributed by atoms with Gasteiger partial charge in [0.1, 0.15) is 18.3 Å². The normalized spacial score (nSPS) is 24.3. The number of hydrogen-bond acceptors (Lipinski definition) is 8. The Morgan fingerprint density at radius 2 is 1.74 bits per heavy atom. The molecular formula is C28H37NO8SSi. The van der Waals surface area contributed by atoms with Crippen molar-refractivity contribution < 1.29 is 37.3 Å². The molecule has 9 nitrogen and oxygen atoms in total. The maximum Gasteiger partial charge on any atom is 0.343 e. The average Bonchev–Trinajstić information content (AvgIpc) is 3.38. The summed E-state index contributed by atoms with van der Waals surface area (Å²) < 4.78 is 46.3. The first-order valence-corrected chi connectivity index (χ1v) is 17.1. The Bertz CT molecular complexity index is 1480. The predicted molar refractivity (Wildman–Crippen MR) is 149 cm³/mol. The molecule has 0 amide bonds. The quantitative estimate of drug-likeness (QED) is 0.321. The number of aliphatic hydroxyl groups is 2. The summed E-state index contributed by atoms with van der Waals surface area (Å²) in [6.07, 6.45) is -4.43. The maximum atomic E-state index is 14.0. The van der Waals surface area contributed by atoms with E-state index in [-0.39, 0.29) is 22.2 Å². The molecule has 11 heteroatoms. The number of nitrogens with zero attached hydrogens (tertiary/aromatic N) is 1. The summed E-state index contributed by atoms with van der Waals surface area (Å²) in [7, 11) is -5.42. The molecule has 4 rings (SSSR count). The van der Waals surface area contributed by atoms with E-state index in [0.717, 1.165) is 16.6 Å². The number of ether oxygens (including phenoxy) is 2. The molecule has 0 unspecified atom stereocenters. The predicted octanol–water partition coefficient (Wildman–Crippen LogP) is 3.91. The van der Waals surface area contributed by atoms with Crippen molar-refractivity contribution in [2.24, 2.45) is 0 Å². The molecule has 2 N–H and O–H groups in total. The monoisotopic (exact) mass is 575 g/mol. The summed E-state index contributed by atoms with van der Waals surface area (Å²) in [6, 6.07) is 14.7. The van der Waals surface area contributed by atoms with Gasteiger partial charge in [0.25, 0.3) is 10.0 Å². The zero-order valence-corrected chi connectivity index (χ0v) is 25.2. The van der Waals surface area contributed by atoms with Crippen LogP contribution in [0.4, 0.5) is 0 Å². The highest BCUT2D eigenvalue weighted by Crippen LogP contribution is 2.46. The number of aromatic nitrogens is 1. The minimum absolute atomic E-state index is 0.0152. The Hall–Kier alpha value is -2.54. The summed E-state index contributed by atoms with van der Waals surface area (Å²) in [5, 5.41) is 23.4. The molecule has 0 radical (unpaired) electrons. The summed E-state index contributed by atoms with van der Waals surface area (Å²) in [5.41, 5.74) is -1.39. The Labute approximate surface area is 230 Å². The third kappa shape index (κ3) is 4.96. The van der Waals surface area contributed by atoms with Crippen LogP contribution in [-0.2, 0) is 28.7 Å². The average molecular weight is 576 g/mol. The number of hydrogen-bond donors (Lipinski definition) is 2. The van der Waals surface area contributed by atoms with Crippen LogP contribution in [0.5, 0.6) is 0 Å². The standard InChI is InChI=1S/C28H37NO8SSi/c1-18-12-14-20(15-13-18)38(33,34)29-21-11-9-8-10-19(21)16-22(29)25-28(32,26(31)35-5)24(30)23(37-25)17-36-39(6,7)27(2,3)4/h8-16,23-25,30,32H,17H2,1-7H3/t23-,24-,25+,28-/m0/s1. The molecular weight excluding hydrogens is 538 g/mol. The van der Waals surface area contributed by atoms with Gasteiger partial charge in [0.2, 0.25) is 5.60 Å². The highest BCUT2D eigenvalue weighted by molar-refractivity contribution is 7.90. The largest absolute Gasteiger partial charge is 0.467 e. The van der Waals surface area contributed by atoms with Crippen LogP contribution in [0.25, 0.3) is 10.9 Å². The van der Waals surface area contributed by atoms with Crippen LogP contribution >= 0.6 is 0 Å². The fourth-order valence-corrected chi connectivity index (χ4v) is 7.09. The van der Waals surface area contributed by atoms with Crippen LogP contribution in [0, 0.1) is 6.92 Å². The van der Waals surface area contributed by atoms with Crippen LogP contribution in [-0.4, -0.2) is 68.4 Å². The molecule has 212 valence electrons. The number of methoxy groups -OCH3 is 1. The number of fused-ring (bicyclic) bond motifs is 1. The molecule has 0 spiro atoms. The molecule has 1 aliphatic heterocycles. The van der Waals surface area contributed by atoms with E-state index in [1.54, 1.807) is 42.5 Å². The lowest BCUT2D eigenvalue weighted by atomic mass is 9.89. The molecule has 1 aromatic heterocycles. The maximum absolute atomic E-state index is 14.0. The van der Waals surface area contributed by atoms with Gasteiger partial charge in [-0.1, -0.05) is 56.7 Å². The van der Waals surface area contributed by atoms with Crippen LogP contribution in [0.1, 0.15) is 38.1 Å². The van der Waals surface area contributed by atoms with Crippen molar-refractivity contribution in [3.63, 3.8) is 0 Å². The van der Waals surface area contributed by atoms with Crippen molar-refractivity contribution in [1.29, 1.82) is 0 Å². The molecule has 2 aromatic carbocycles. The van der Waals surface area contributed by atoms with Crippen LogP contribution < -0.4 is 0 Å². The lowest BCUT2D eigenvalue weighted by Crippen LogP contribution is -2.53. The van der Waals surface area contributed by atoms with E-state index in [0.29, 0.717) is 10.9 Å². The van der Waals surface area contributed by atoms with Gasteiger partial charge in [0, 0.05) is 5.39 Å². The fourth-order valence-electron chi connectivity index (χ4n) is 4.53. The molecule has 0 saturated carbocycles. The second kappa shape index (κ2) is 10.1. The Kier molecular flexibility index (Phi) is 7.65. The van der Waals surface area contributed by atoms with E-state index in [1.165, 1.54) is 12.1 Å². The number of aliphatic hydroxyl groups excluding tert-OH is 1. The first kappa shape index (κ1) is 29.4. The SMILES string of the molecule is COC(=O)[C@@]1(O)[C@@H](c2cc3ccccc3n2S(=O)(=O)c2ccc(C)cc2)O[C@@H](CO[Si](C)(C)C(C)(C)C)[C@@H]1O. The van der Waals surface area contributed by atoms with Gasteiger partial charge in [-0.15, -0.1) is 0 Å². The molecule has 4 atom stereocenters. The molecule has 1 aliphatic rings. The number of para-hydroxylation sites is 1. The Balaban J connectivity index is 1.87. The minimum Gasteiger partial charge on any atom is -0.467 e. The first-order chi connectivity index (χ1) is 18.1. The van der Waals surface area contributed by atoms with E-state index in [1.807, 2.05) is 20.0 Å². The summed E-state index contributed by atoms with van der Waals surface area (Å²) >= 11 is 0. The highest BCUT2D eigenvalue weighted by atomic mass is 32.2. The first-order valence-electron chi connectivity index (χ1n) is 12.8. The van der Waals surface area contributed by atoms with Gasteiger partial charge < -0.3 is 24.1 Å². The van der Waals surface area contributed by atoms with Gasteiger partial charge in [-0.25, -0.2) is 17.2 Å². The van der Waals surface area contributed by atoms with Gasteiger partial charge >= 0.3 is 5.97 Å². The van der Waals surface area contributed by atoms with E-state index in [2.05, 4.69) is 20.8 Å². The van der Waals surface area contributed by atoms with E-state index < -0.39 is 48.2 Å². The number of rotatable bonds is 7. The molecule has 39 heavy (non-hydrogen) atoms. The number of benzene rings is 2. The van der Waals surface area contributed by atoms with Crippen molar-refractivity contribution >= 4 is 35.2 Å². The van der Waals surface area contributed by atoms with Crippen molar-refractivity contribution in [3.8, 4) is 0 Å². The molecule has 1 fully saturated rings. The van der Waals surface area contributed by atoms with Crippen molar-refractivity contribution in [2.45, 2.75) is 74.6 Å². The van der Waals surface area contributed by atoms with E-state index in [9.17, 15) is 23.4 Å². The summed E-state index contributed by atoms with van der Waals surface area (Å²) in [4.78, 5) is 13.0. The second-order valence-electron chi connectivity index (χ2n) is 11.6. The summed E-state index contributed by atoms with van der Waals surface area (Å²) in [5.74, 6) is -1.14. The molecule has 0 aliphatic carbocycles. The summed E-state index contributed by atoms with van der Waals surface area (Å²) in [6.45, 7) is 12.0. The Morgan fingerprint density at radius 3 is 2.33 bits per heavy atom. The van der Waals surface area contributed by atoms with Crippen LogP contribution in [0.2, 0.25) is 18.1 Å². The zero-order valence-electron chi connectivity index (χ0n) is 23.3. The number of carbonyl (C=O) groups excluding carboxylic acids is 1. The lowest BCUT2D eigenvalue weighted by molar-refractivity contribution is -0.177. The smallest absolute Gasteiger partial charge is 0.343 e. The van der Waals surface area contributed by atoms with Crippen molar-refractivity contribution in [2.75, 3.05) is 13.7 Å².